The first-order chi connectivity index (χ1) is 9.89. The molecule has 5 nitrogen and oxygen atoms in total. The van der Waals surface area contributed by atoms with Gasteiger partial charge in [0.15, 0.2) is 0 Å². The molecule has 0 unspecified atom stereocenters. The van der Waals surface area contributed by atoms with Gasteiger partial charge in [-0.1, -0.05) is 17.7 Å². The first-order valence-corrected chi connectivity index (χ1v) is 8.47. The molecule has 0 radical (unpaired) electrons. The Balaban J connectivity index is 1.96. The largest absolute Gasteiger partial charge is 0.336 e. The highest BCUT2D eigenvalue weighted by Gasteiger charge is 2.30. The molecule has 0 saturated carbocycles. The Hall–Kier alpha value is -1.37. The molecule has 0 spiro atoms. The van der Waals surface area contributed by atoms with Gasteiger partial charge in [-0.25, -0.2) is 13.4 Å². The summed E-state index contributed by atoms with van der Waals surface area (Å²) in [6.07, 6.45) is 2.36. The van der Waals surface area contributed by atoms with Gasteiger partial charge in [0.05, 0.1) is 29.2 Å². The molecule has 0 saturated heterocycles. The fourth-order valence-electron chi connectivity index (χ4n) is 2.48. The molecule has 1 aromatic heterocycles. The lowest BCUT2D eigenvalue weighted by molar-refractivity contribution is 0.380. The first kappa shape index (κ1) is 14.6. The van der Waals surface area contributed by atoms with Crippen molar-refractivity contribution in [3.63, 3.8) is 0 Å². The van der Waals surface area contributed by atoms with Crippen LogP contribution in [0.1, 0.15) is 17.0 Å². The first-order valence-electron chi connectivity index (χ1n) is 6.65. The predicted molar refractivity (Wildman–Crippen MR) is 80.7 cm³/mol. The molecular formula is C14H16ClN3O2S. The Morgan fingerprint density at radius 2 is 2.10 bits per heavy atom. The van der Waals surface area contributed by atoms with Crippen LogP contribution in [-0.4, -0.2) is 28.8 Å². The van der Waals surface area contributed by atoms with Crippen molar-refractivity contribution in [3.8, 4) is 0 Å². The van der Waals surface area contributed by atoms with Gasteiger partial charge in [-0.05, 0) is 24.6 Å². The molecular weight excluding hydrogens is 310 g/mol. The third kappa shape index (κ3) is 2.47. The van der Waals surface area contributed by atoms with E-state index in [1.165, 1.54) is 10.4 Å². The number of halogens is 1. The van der Waals surface area contributed by atoms with Crippen molar-refractivity contribution in [2.45, 2.75) is 24.8 Å². The molecule has 3 rings (SSSR count). The van der Waals surface area contributed by atoms with Gasteiger partial charge in [-0.2, -0.15) is 4.31 Å². The summed E-state index contributed by atoms with van der Waals surface area (Å²) in [6.45, 7) is 2.64. The lowest BCUT2D eigenvalue weighted by Gasteiger charge is -2.26. The van der Waals surface area contributed by atoms with Crippen molar-refractivity contribution >= 4 is 21.6 Å². The van der Waals surface area contributed by atoms with Gasteiger partial charge in [-0.15, -0.1) is 0 Å². The highest BCUT2D eigenvalue weighted by molar-refractivity contribution is 7.89. The maximum atomic E-state index is 12.7. The van der Waals surface area contributed by atoms with Gasteiger partial charge in [0, 0.05) is 25.0 Å². The third-order valence-corrected chi connectivity index (χ3v) is 6.10. The molecule has 2 heterocycles. The molecule has 1 aliphatic rings. The fourth-order valence-corrected chi connectivity index (χ4v) is 4.15. The summed E-state index contributed by atoms with van der Waals surface area (Å²) in [5.41, 5.74) is 2.79. The summed E-state index contributed by atoms with van der Waals surface area (Å²) in [5.74, 6) is 0. The van der Waals surface area contributed by atoms with Crippen LogP contribution in [0.2, 0.25) is 5.02 Å². The van der Waals surface area contributed by atoms with Crippen LogP contribution >= 0.6 is 11.6 Å². The molecule has 0 amide bonds. The molecule has 7 heteroatoms. The summed E-state index contributed by atoms with van der Waals surface area (Å²) in [4.78, 5) is 4.53. The van der Waals surface area contributed by atoms with Crippen molar-refractivity contribution < 1.29 is 8.42 Å². The lowest BCUT2D eigenvalue weighted by atomic mass is 10.2. The van der Waals surface area contributed by atoms with E-state index >= 15 is 0 Å². The van der Waals surface area contributed by atoms with Crippen LogP contribution in [0.5, 0.6) is 0 Å². The predicted octanol–water partition coefficient (Wildman–Crippen LogP) is 2.13. The van der Waals surface area contributed by atoms with E-state index in [9.17, 15) is 8.42 Å². The minimum atomic E-state index is -3.53. The minimum Gasteiger partial charge on any atom is -0.336 e. The van der Waals surface area contributed by atoms with Crippen molar-refractivity contribution in [2.75, 3.05) is 6.54 Å². The average molecular weight is 326 g/mol. The second-order valence-corrected chi connectivity index (χ2v) is 7.59. The molecule has 0 fully saturated rings. The SMILES string of the molecule is Cc1ccc(S(=O)(=O)N2CCc3ncn(C)c3C2)cc1Cl. The smallest absolute Gasteiger partial charge is 0.243 e. The van der Waals surface area contributed by atoms with E-state index in [-0.39, 0.29) is 4.90 Å². The Morgan fingerprint density at radius 1 is 1.33 bits per heavy atom. The van der Waals surface area contributed by atoms with Crippen LogP contribution < -0.4 is 0 Å². The number of sulfonamides is 1. The van der Waals surface area contributed by atoms with Crippen molar-refractivity contribution in [3.05, 3.63) is 46.5 Å². The van der Waals surface area contributed by atoms with Crippen LogP contribution in [0.4, 0.5) is 0 Å². The van der Waals surface area contributed by atoms with Crippen molar-refractivity contribution in [1.82, 2.24) is 13.9 Å². The zero-order chi connectivity index (χ0) is 15.2. The monoisotopic (exact) mass is 325 g/mol. The van der Waals surface area contributed by atoms with E-state index in [2.05, 4.69) is 4.98 Å². The minimum absolute atomic E-state index is 0.240. The summed E-state index contributed by atoms with van der Waals surface area (Å²) in [7, 11) is -1.65. The molecule has 2 aromatic rings. The summed E-state index contributed by atoms with van der Waals surface area (Å²) < 4.78 is 28.8. The normalized spacial score (nSPS) is 16.0. The third-order valence-electron chi connectivity index (χ3n) is 3.85. The number of benzene rings is 1. The summed E-state index contributed by atoms with van der Waals surface area (Å²) in [6, 6.07) is 4.86. The van der Waals surface area contributed by atoms with E-state index < -0.39 is 10.0 Å². The second kappa shape index (κ2) is 5.12. The molecule has 0 aliphatic carbocycles. The zero-order valence-electron chi connectivity index (χ0n) is 11.9. The summed E-state index contributed by atoms with van der Waals surface area (Å²) in [5, 5.41) is 0.467. The Morgan fingerprint density at radius 3 is 2.81 bits per heavy atom. The van der Waals surface area contributed by atoms with E-state index in [0.29, 0.717) is 24.5 Å². The van der Waals surface area contributed by atoms with E-state index in [1.54, 1.807) is 18.5 Å². The molecule has 1 aromatic carbocycles. The maximum Gasteiger partial charge on any atom is 0.243 e. The highest BCUT2D eigenvalue weighted by atomic mass is 35.5. The Labute approximate surface area is 129 Å². The van der Waals surface area contributed by atoms with E-state index in [4.69, 9.17) is 11.6 Å². The van der Waals surface area contributed by atoms with Gasteiger partial charge in [0.25, 0.3) is 0 Å². The molecule has 21 heavy (non-hydrogen) atoms. The molecule has 0 bridgehead atoms. The topological polar surface area (TPSA) is 55.2 Å². The number of aromatic nitrogens is 2. The maximum absolute atomic E-state index is 12.7. The quantitative estimate of drug-likeness (QED) is 0.850. The van der Waals surface area contributed by atoms with Crippen LogP contribution in [0.15, 0.2) is 29.4 Å². The van der Waals surface area contributed by atoms with Gasteiger partial charge in [0.2, 0.25) is 10.0 Å². The standard InChI is InChI=1S/C14H16ClN3O2S/c1-10-3-4-11(7-12(10)15)21(19,20)18-6-5-13-14(8-18)17(2)9-16-13/h3-4,7,9H,5-6,8H2,1-2H3. The lowest BCUT2D eigenvalue weighted by Crippen LogP contribution is -2.36. The highest BCUT2D eigenvalue weighted by Crippen LogP contribution is 2.26. The van der Waals surface area contributed by atoms with Gasteiger partial charge in [0.1, 0.15) is 0 Å². The van der Waals surface area contributed by atoms with E-state index in [0.717, 1.165) is 17.0 Å². The number of hydrogen-bond acceptors (Lipinski definition) is 3. The van der Waals surface area contributed by atoms with Gasteiger partial charge >= 0.3 is 0 Å². The fraction of sp³-hybridized carbons (Fsp3) is 0.357. The van der Waals surface area contributed by atoms with Crippen LogP contribution in [-0.2, 0) is 30.0 Å². The average Bonchev–Trinajstić information content (AvgIpc) is 2.83. The molecule has 112 valence electrons. The zero-order valence-corrected chi connectivity index (χ0v) is 13.4. The van der Waals surface area contributed by atoms with Gasteiger partial charge < -0.3 is 4.57 Å². The Kier molecular flexibility index (Phi) is 3.55. The molecule has 1 aliphatic heterocycles. The van der Waals surface area contributed by atoms with Crippen LogP contribution in [0.25, 0.3) is 0 Å². The Bertz CT molecular complexity index is 799. The number of aryl methyl sites for hydroxylation is 2. The number of rotatable bonds is 2. The number of hydrogen-bond donors (Lipinski definition) is 0. The van der Waals surface area contributed by atoms with Crippen molar-refractivity contribution in [2.24, 2.45) is 7.05 Å². The van der Waals surface area contributed by atoms with Crippen LogP contribution in [0, 0.1) is 6.92 Å². The second-order valence-electron chi connectivity index (χ2n) is 5.25. The van der Waals surface area contributed by atoms with E-state index in [1.807, 2.05) is 18.5 Å². The molecule has 0 N–H and O–H groups in total. The number of nitrogens with zero attached hydrogens (tertiary/aromatic N) is 3. The van der Waals surface area contributed by atoms with Crippen LogP contribution in [0.3, 0.4) is 0 Å². The number of imidazole rings is 1. The number of fused-ring (bicyclic) bond motifs is 1. The van der Waals surface area contributed by atoms with Gasteiger partial charge in [-0.3, -0.25) is 0 Å². The summed E-state index contributed by atoms with van der Waals surface area (Å²) >= 11 is 6.05. The molecule has 0 atom stereocenters. The van der Waals surface area contributed by atoms with Crippen molar-refractivity contribution in [1.29, 1.82) is 0 Å².